The van der Waals surface area contributed by atoms with E-state index in [-0.39, 0.29) is 6.54 Å². The monoisotopic (exact) mass is 235 g/mol. The van der Waals surface area contributed by atoms with Crippen LogP contribution >= 0.6 is 0 Å². The molecule has 0 fully saturated rings. The van der Waals surface area contributed by atoms with Gasteiger partial charge in [0.25, 0.3) is 0 Å². The molecule has 1 aromatic rings. The number of primary amides is 1. The van der Waals surface area contributed by atoms with Crippen molar-refractivity contribution in [2.75, 3.05) is 11.9 Å². The Morgan fingerprint density at radius 3 is 2.24 bits per heavy atom. The van der Waals surface area contributed by atoms with E-state index in [2.05, 4.69) is 10.6 Å². The van der Waals surface area contributed by atoms with Crippen molar-refractivity contribution in [1.29, 1.82) is 0 Å². The number of nitrogens with two attached hydrogens (primary N) is 1. The Kier molecular flexibility index (Phi) is 4.21. The molecule has 0 saturated heterocycles. The summed E-state index contributed by atoms with van der Waals surface area (Å²) in [6.07, 6.45) is 0. The summed E-state index contributed by atoms with van der Waals surface area (Å²) in [5, 5.41) is 4.48. The molecule has 0 aliphatic heterocycles. The molecule has 0 spiro atoms. The second-order valence-electron chi connectivity index (χ2n) is 3.47. The van der Waals surface area contributed by atoms with Crippen molar-refractivity contribution in [3.05, 3.63) is 29.8 Å². The molecule has 0 unspecified atom stereocenters. The van der Waals surface area contributed by atoms with Crippen molar-refractivity contribution in [3.63, 3.8) is 0 Å². The second kappa shape index (κ2) is 5.64. The third-order valence-electron chi connectivity index (χ3n) is 1.94. The van der Waals surface area contributed by atoms with Crippen LogP contribution in [0.3, 0.4) is 0 Å². The van der Waals surface area contributed by atoms with Crippen LogP contribution in [0.15, 0.2) is 24.3 Å². The number of rotatable bonds is 3. The lowest BCUT2D eigenvalue weighted by atomic mass is 10.2. The van der Waals surface area contributed by atoms with Gasteiger partial charge in [-0.15, -0.1) is 0 Å². The molecule has 1 rings (SSSR count). The topological polar surface area (TPSA) is 101 Å². The third-order valence-corrected chi connectivity index (χ3v) is 1.94. The molecule has 3 amide bonds. The summed E-state index contributed by atoms with van der Waals surface area (Å²) in [5.41, 5.74) is 6.38. The smallest absolute Gasteiger partial charge is 0.313 e. The average Bonchev–Trinajstić information content (AvgIpc) is 2.28. The van der Waals surface area contributed by atoms with Crippen LogP contribution < -0.4 is 16.4 Å². The van der Waals surface area contributed by atoms with Crippen LogP contribution in [0.4, 0.5) is 5.69 Å². The molecule has 4 N–H and O–H groups in total. The Bertz CT molecular complexity index is 440. The predicted octanol–water partition coefficient (Wildman–Crippen LogP) is -0.465. The first kappa shape index (κ1) is 12.7. The number of hydrogen-bond donors (Lipinski definition) is 3. The van der Waals surface area contributed by atoms with Gasteiger partial charge >= 0.3 is 11.8 Å². The Morgan fingerprint density at radius 1 is 1.12 bits per heavy atom. The van der Waals surface area contributed by atoms with E-state index in [0.29, 0.717) is 5.69 Å². The van der Waals surface area contributed by atoms with E-state index in [1.54, 1.807) is 24.3 Å². The van der Waals surface area contributed by atoms with Crippen molar-refractivity contribution in [3.8, 4) is 0 Å². The average molecular weight is 235 g/mol. The Hall–Kier alpha value is -2.37. The lowest BCUT2D eigenvalue weighted by molar-refractivity contribution is -0.136. The lowest BCUT2D eigenvalue weighted by Crippen LogP contribution is -2.40. The van der Waals surface area contributed by atoms with Crippen molar-refractivity contribution in [2.45, 2.75) is 6.92 Å². The fraction of sp³-hybridized carbons (Fsp3) is 0.182. The minimum absolute atomic E-state index is 0.361. The standard InChI is InChI=1S/C11H13N3O3/c1-7-2-4-8(5-3-7)14-11(17)10(16)13-6-9(12)15/h2-5H,6H2,1H3,(H2,12,15)(H,13,16)(H,14,17). The summed E-state index contributed by atoms with van der Waals surface area (Å²) in [7, 11) is 0. The third kappa shape index (κ3) is 4.33. The maximum Gasteiger partial charge on any atom is 0.313 e. The molecule has 0 aromatic heterocycles. The van der Waals surface area contributed by atoms with Gasteiger partial charge in [-0.3, -0.25) is 14.4 Å². The van der Waals surface area contributed by atoms with Gasteiger partial charge in [-0.2, -0.15) is 0 Å². The van der Waals surface area contributed by atoms with E-state index < -0.39 is 17.7 Å². The fourth-order valence-electron chi connectivity index (χ4n) is 1.07. The van der Waals surface area contributed by atoms with Gasteiger partial charge < -0.3 is 16.4 Å². The minimum atomic E-state index is -0.899. The molecule has 0 atom stereocenters. The summed E-state index contributed by atoms with van der Waals surface area (Å²) in [6, 6.07) is 6.96. The second-order valence-corrected chi connectivity index (χ2v) is 3.47. The summed E-state index contributed by atoms with van der Waals surface area (Å²) in [5.74, 6) is -2.44. The Labute approximate surface area is 98.2 Å². The van der Waals surface area contributed by atoms with Crippen LogP contribution in [0.5, 0.6) is 0 Å². The van der Waals surface area contributed by atoms with E-state index in [1.807, 2.05) is 6.92 Å². The van der Waals surface area contributed by atoms with Crippen molar-refractivity contribution in [1.82, 2.24) is 5.32 Å². The molecule has 0 aliphatic carbocycles. The van der Waals surface area contributed by atoms with Gasteiger partial charge in [0.2, 0.25) is 5.91 Å². The van der Waals surface area contributed by atoms with Crippen molar-refractivity contribution in [2.24, 2.45) is 5.73 Å². The number of amides is 3. The number of aryl methyl sites for hydroxylation is 1. The molecule has 0 bridgehead atoms. The maximum atomic E-state index is 11.3. The SMILES string of the molecule is Cc1ccc(NC(=O)C(=O)NCC(N)=O)cc1. The summed E-state index contributed by atoms with van der Waals surface area (Å²) in [6.45, 7) is 1.55. The van der Waals surface area contributed by atoms with Gasteiger partial charge in [0, 0.05) is 5.69 Å². The van der Waals surface area contributed by atoms with Crippen LogP contribution in [0.1, 0.15) is 5.56 Å². The maximum absolute atomic E-state index is 11.3. The molecule has 1 aromatic carbocycles. The Morgan fingerprint density at radius 2 is 1.71 bits per heavy atom. The van der Waals surface area contributed by atoms with Crippen LogP contribution in [-0.2, 0) is 14.4 Å². The first-order valence-corrected chi connectivity index (χ1v) is 4.93. The summed E-state index contributed by atoms with van der Waals surface area (Å²) < 4.78 is 0. The van der Waals surface area contributed by atoms with Crippen LogP contribution in [0, 0.1) is 6.92 Å². The van der Waals surface area contributed by atoms with E-state index in [9.17, 15) is 14.4 Å². The molecule has 90 valence electrons. The van der Waals surface area contributed by atoms with E-state index in [1.165, 1.54) is 0 Å². The summed E-state index contributed by atoms with van der Waals surface area (Å²) >= 11 is 0. The van der Waals surface area contributed by atoms with Crippen molar-refractivity contribution >= 4 is 23.4 Å². The van der Waals surface area contributed by atoms with Gasteiger partial charge in [-0.1, -0.05) is 17.7 Å². The van der Waals surface area contributed by atoms with Gasteiger partial charge in [-0.25, -0.2) is 0 Å². The molecule has 17 heavy (non-hydrogen) atoms. The van der Waals surface area contributed by atoms with Crippen LogP contribution in [-0.4, -0.2) is 24.3 Å². The zero-order valence-corrected chi connectivity index (χ0v) is 9.32. The number of anilines is 1. The Balaban J connectivity index is 2.51. The zero-order chi connectivity index (χ0) is 12.8. The zero-order valence-electron chi connectivity index (χ0n) is 9.32. The molecule has 0 heterocycles. The molecular formula is C11H13N3O3. The summed E-state index contributed by atoms with van der Waals surface area (Å²) in [4.78, 5) is 32.9. The number of carbonyl (C=O) groups excluding carboxylic acids is 3. The first-order valence-electron chi connectivity index (χ1n) is 4.93. The van der Waals surface area contributed by atoms with Crippen molar-refractivity contribution < 1.29 is 14.4 Å². The molecule has 6 heteroatoms. The van der Waals surface area contributed by atoms with Crippen LogP contribution in [0.25, 0.3) is 0 Å². The van der Waals surface area contributed by atoms with Gasteiger partial charge in [0.05, 0.1) is 6.54 Å². The largest absolute Gasteiger partial charge is 0.368 e. The molecule has 0 saturated carbocycles. The highest BCUT2D eigenvalue weighted by Gasteiger charge is 2.13. The van der Waals surface area contributed by atoms with Gasteiger partial charge in [-0.05, 0) is 19.1 Å². The van der Waals surface area contributed by atoms with Gasteiger partial charge in [0.15, 0.2) is 0 Å². The van der Waals surface area contributed by atoms with Crippen LogP contribution in [0.2, 0.25) is 0 Å². The predicted molar refractivity (Wildman–Crippen MR) is 62.0 cm³/mol. The number of hydrogen-bond acceptors (Lipinski definition) is 3. The van der Waals surface area contributed by atoms with E-state index in [0.717, 1.165) is 5.56 Å². The molecule has 6 nitrogen and oxygen atoms in total. The lowest BCUT2D eigenvalue weighted by Gasteiger charge is -2.05. The highest BCUT2D eigenvalue weighted by atomic mass is 16.2. The number of nitrogens with one attached hydrogen (secondary N) is 2. The highest BCUT2D eigenvalue weighted by molar-refractivity contribution is 6.39. The van der Waals surface area contributed by atoms with Gasteiger partial charge in [0.1, 0.15) is 0 Å². The number of benzene rings is 1. The normalized spacial score (nSPS) is 9.47. The molecule has 0 aliphatic rings. The first-order chi connectivity index (χ1) is 7.99. The molecular weight excluding hydrogens is 222 g/mol. The quantitative estimate of drug-likeness (QED) is 0.617. The fourth-order valence-corrected chi connectivity index (χ4v) is 1.07. The highest BCUT2D eigenvalue weighted by Crippen LogP contribution is 2.07. The minimum Gasteiger partial charge on any atom is -0.368 e. The van der Waals surface area contributed by atoms with E-state index in [4.69, 9.17) is 5.73 Å². The molecule has 0 radical (unpaired) electrons. The number of carbonyl (C=O) groups is 3. The van der Waals surface area contributed by atoms with E-state index >= 15 is 0 Å².